The Balaban J connectivity index is 1.60. The molecule has 0 saturated carbocycles. The molecule has 0 bridgehead atoms. The Kier molecular flexibility index (Phi) is 5.92. The molecule has 0 atom stereocenters. The van der Waals surface area contributed by atoms with Gasteiger partial charge in [-0.05, 0) is 26.1 Å². The second-order valence-electron chi connectivity index (χ2n) is 6.67. The van der Waals surface area contributed by atoms with Gasteiger partial charge in [0.25, 0.3) is 5.91 Å². The quantitative estimate of drug-likeness (QED) is 0.791. The van der Waals surface area contributed by atoms with E-state index in [0.717, 1.165) is 31.9 Å². The number of aromatic nitrogens is 1. The van der Waals surface area contributed by atoms with Crippen LogP contribution in [0.4, 0.5) is 10.5 Å². The first-order chi connectivity index (χ1) is 12.6. The molecule has 2 fully saturated rings. The van der Waals surface area contributed by atoms with E-state index in [1.165, 1.54) is 0 Å². The number of carbonyl (C=O) groups excluding carboxylic acids is 2. The van der Waals surface area contributed by atoms with E-state index in [1.807, 2.05) is 12.1 Å². The molecular weight excluding hydrogens is 334 g/mol. The van der Waals surface area contributed by atoms with Crippen LogP contribution in [0.5, 0.6) is 0 Å². The lowest BCUT2D eigenvalue weighted by atomic mass is 10.2. The van der Waals surface area contributed by atoms with E-state index in [-0.39, 0.29) is 12.0 Å². The number of nitrogens with zero attached hydrogens (tertiary/aromatic N) is 5. The summed E-state index contributed by atoms with van der Waals surface area (Å²) in [4.78, 5) is 36.8. The maximum absolute atomic E-state index is 12.8. The fraction of sp³-hybridized carbons (Fsp3) is 0.611. The highest BCUT2D eigenvalue weighted by molar-refractivity contribution is 5.93. The molecule has 8 heteroatoms. The Morgan fingerprint density at radius 1 is 1.04 bits per heavy atom. The zero-order chi connectivity index (χ0) is 18.5. The number of anilines is 1. The Labute approximate surface area is 154 Å². The van der Waals surface area contributed by atoms with Crippen molar-refractivity contribution >= 4 is 17.7 Å². The predicted octanol–water partition coefficient (Wildman–Crippen LogP) is 0.748. The third-order valence-corrected chi connectivity index (χ3v) is 4.92. The standard InChI is InChI=1S/C18H27N5O3/c1-3-26-18(25)23-12-10-22(11-13-23)17(24)16-14-15(4-5-19-16)21-8-6-20(2)7-9-21/h4-5,14H,3,6-13H2,1-2H3. The van der Waals surface area contributed by atoms with Crippen LogP contribution in [0.25, 0.3) is 0 Å². The van der Waals surface area contributed by atoms with Crippen LogP contribution >= 0.6 is 0 Å². The molecule has 0 radical (unpaired) electrons. The predicted molar refractivity (Wildman–Crippen MR) is 98.4 cm³/mol. The van der Waals surface area contributed by atoms with Gasteiger partial charge in [-0.15, -0.1) is 0 Å². The number of likely N-dealkylation sites (N-methyl/N-ethyl adjacent to an activating group) is 1. The highest BCUT2D eigenvalue weighted by Gasteiger charge is 2.26. The summed E-state index contributed by atoms with van der Waals surface area (Å²) in [7, 11) is 2.12. The van der Waals surface area contributed by atoms with Gasteiger partial charge in [0.05, 0.1) is 6.61 Å². The van der Waals surface area contributed by atoms with Gasteiger partial charge in [-0.2, -0.15) is 0 Å². The molecule has 0 unspecified atom stereocenters. The first-order valence-corrected chi connectivity index (χ1v) is 9.19. The first-order valence-electron chi connectivity index (χ1n) is 9.19. The summed E-state index contributed by atoms with van der Waals surface area (Å²) in [5, 5.41) is 0. The molecule has 8 nitrogen and oxygen atoms in total. The van der Waals surface area contributed by atoms with Crippen LogP contribution in [0.2, 0.25) is 0 Å². The lowest BCUT2D eigenvalue weighted by Gasteiger charge is -2.35. The van der Waals surface area contributed by atoms with Crippen molar-refractivity contribution in [2.24, 2.45) is 0 Å². The summed E-state index contributed by atoms with van der Waals surface area (Å²) in [6, 6.07) is 3.84. The summed E-state index contributed by atoms with van der Waals surface area (Å²) in [6.07, 6.45) is 1.39. The van der Waals surface area contributed by atoms with Crippen molar-refractivity contribution in [3.05, 3.63) is 24.0 Å². The first kappa shape index (κ1) is 18.4. The van der Waals surface area contributed by atoms with Crippen LogP contribution in [0, 0.1) is 0 Å². The minimum atomic E-state index is -0.310. The van der Waals surface area contributed by atoms with Gasteiger partial charge < -0.3 is 24.3 Å². The minimum Gasteiger partial charge on any atom is -0.450 e. The molecule has 0 N–H and O–H groups in total. The highest BCUT2D eigenvalue weighted by atomic mass is 16.6. The van der Waals surface area contributed by atoms with Gasteiger partial charge in [0.2, 0.25) is 0 Å². The normalized spacial score (nSPS) is 18.8. The number of rotatable bonds is 3. The van der Waals surface area contributed by atoms with Crippen LogP contribution in [-0.2, 0) is 4.74 Å². The molecule has 2 aliphatic heterocycles. The molecule has 2 aliphatic rings. The summed E-state index contributed by atoms with van der Waals surface area (Å²) in [5.74, 6) is -0.0792. The molecule has 0 aliphatic carbocycles. The lowest BCUT2D eigenvalue weighted by Crippen LogP contribution is -2.51. The Morgan fingerprint density at radius 3 is 2.35 bits per heavy atom. The molecule has 142 valence electrons. The monoisotopic (exact) mass is 361 g/mol. The third kappa shape index (κ3) is 4.24. The minimum absolute atomic E-state index is 0.0792. The molecule has 0 aromatic carbocycles. The summed E-state index contributed by atoms with van der Waals surface area (Å²) >= 11 is 0. The number of piperazine rings is 2. The van der Waals surface area contributed by atoms with Crippen LogP contribution in [0.1, 0.15) is 17.4 Å². The number of pyridine rings is 1. The van der Waals surface area contributed by atoms with E-state index in [4.69, 9.17) is 4.74 Å². The van der Waals surface area contributed by atoms with E-state index in [9.17, 15) is 9.59 Å². The van der Waals surface area contributed by atoms with E-state index < -0.39 is 0 Å². The van der Waals surface area contributed by atoms with E-state index in [0.29, 0.717) is 38.5 Å². The molecule has 26 heavy (non-hydrogen) atoms. The highest BCUT2D eigenvalue weighted by Crippen LogP contribution is 2.18. The number of hydrogen-bond acceptors (Lipinski definition) is 6. The van der Waals surface area contributed by atoms with Gasteiger partial charge in [-0.25, -0.2) is 4.79 Å². The molecule has 2 amide bonds. The molecule has 3 heterocycles. The average molecular weight is 361 g/mol. The van der Waals surface area contributed by atoms with E-state index >= 15 is 0 Å². The summed E-state index contributed by atoms with van der Waals surface area (Å²) < 4.78 is 5.01. The van der Waals surface area contributed by atoms with Crippen molar-refractivity contribution in [1.29, 1.82) is 0 Å². The maximum Gasteiger partial charge on any atom is 0.409 e. The fourth-order valence-electron chi connectivity index (χ4n) is 3.27. The zero-order valence-corrected chi connectivity index (χ0v) is 15.6. The second-order valence-corrected chi connectivity index (χ2v) is 6.67. The molecule has 3 rings (SSSR count). The molecule has 1 aromatic heterocycles. The van der Waals surface area contributed by atoms with Crippen LogP contribution < -0.4 is 4.90 Å². The van der Waals surface area contributed by atoms with Gasteiger partial charge in [0.1, 0.15) is 5.69 Å². The van der Waals surface area contributed by atoms with Crippen LogP contribution in [0.3, 0.4) is 0 Å². The van der Waals surface area contributed by atoms with Crippen molar-refractivity contribution in [2.45, 2.75) is 6.92 Å². The number of amides is 2. The van der Waals surface area contributed by atoms with Crippen molar-refractivity contribution in [1.82, 2.24) is 19.7 Å². The molecule has 2 saturated heterocycles. The third-order valence-electron chi connectivity index (χ3n) is 4.92. The largest absolute Gasteiger partial charge is 0.450 e. The zero-order valence-electron chi connectivity index (χ0n) is 15.6. The Morgan fingerprint density at radius 2 is 1.69 bits per heavy atom. The van der Waals surface area contributed by atoms with Crippen molar-refractivity contribution in [3.8, 4) is 0 Å². The Bertz CT molecular complexity index is 637. The fourth-order valence-corrected chi connectivity index (χ4v) is 3.27. The second kappa shape index (κ2) is 8.35. The van der Waals surface area contributed by atoms with E-state index in [2.05, 4.69) is 21.8 Å². The summed E-state index contributed by atoms with van der Waals surface area (Å²) in [6.45, 7) is 8.06. The number of carbonyl (C=O) groups is 2. The van der Waals surface area contributed by atoms with Gasteiger partial charge in [0, 0.05) is 64.2 Å². The molecule has 1 aromatic rings. The Hall–Kier alpha value is -2.35. The van der Waals surface area contributed by atoms with Crippen LogP contribution in [0.15, 0.2) is 18.3 Å². The topological polar surface area (TPSA) is 69.2 Å². The van der Waals surface area contributed by atoms with Crippen molar-refractivity contribution in [3.63, 3.8) is 0 Å². The molecule has 0 spiro atoms. The maximum atomic E-state index is 12.8. The van der Waals surface area contributed by atoms with Crippen molar-refractivity contribution in [2.75, 3.05) is 70.9 Å². The van der Waals surface area contributed by atoms with Gasteiger partial charge in [-0.3, -0.25) is 9.78 Å². The SMILES string of the molecule is CCOC(=O)N1CCN(C(=O)c2cc(N3CCN(C)CC3)ccn2)CC1. The van der Waals surface area contributed by atoms with Crippen LogP contribution in [-0.4, -0.2) is 97.7 Å². The van der Waals surface area contributed by atoms with Gasteiger partial charge >= 0.3 is 6.09 Å². The van der Waals surface area contributed by atoms with Crippen molar-refractivity contribution < 1.29 is 14.3 Å². The van der Waals surface area contributed by atoms with E-state index in [1.54, 1.807) is 22.9 Å². The smallest absolute Gasteiger partial charge is 0.409 e. The van der Waals surface area contributed by atoms with Gasteiger partial charge in [0.15, 0.2) is 0 Å². The lowest BCUT2D eigenvalue weighted by molar-refractivity contribution is 0.0566. The molecular formula is C18H27N5O3. The average Bonchev–Trinajstić information content (AvgIpc) is 2.68. The summed E-state index contributed by atoms with van der Waals surface area (Å²) in [5.41, 5.74) is 1.51. The number of hydrogen-bond donors (Lipinski definition) is 0. The van der Waals surface area contributed by atoms with Gasteiger partial charge in [-0.1, -0.05) is 0 Å². The number of ether oxygens (including phenoxy) is 1.